The van der Waals surface area contributed by atoms with Crippen molar-refractivity contribution in [3.8, 4) is 11.9 Å². The fourth-order valence-electron chi connectivity index (χ4n) is 3.61. The number of hydrogen-bond donors (Lipinski definition) is 1. The number of pyridine rings is 1. The Labute approximate surface area is 178 Å². The lowest BCUT2D eigenvalue weighted by atomic mass is 9.95. The number of alkyl halides is 2. The molecule has 1 aliphatic rings. The van der Waals surface area contributed by atoms with Crippen molar-refractivity contribution in [1.82, 2.24) is 19.9 Å². The van der Waals surface area contributed by atoms with Crippen molar-refractivity contribution in [1.29, 1.82) is 0 Å². The summed E-state index contributed by atoms with van der Waals surface area (Å²) < 4.78 is 57.3. The standard InChI is InChI=1S/C20H27F3N4O4/c1-11(25-12(2)28)9-29-13-4-6-14(7-5-13)31-20-26-15-8-24-19(30-10-16(21)22)17(23)18(15)27(20)3/h8,11,13-14,16H,4-7,9-10H2,1-3H3,(H,25,28)/t11-,13?,14?/m0/s1. The number of aromatic nitrogens is 3. The summed E-state index contributed by atoms with van der Waals surface area (Å²) in [6.07, 6.45) is 1.60. The third kappa shape index (κ3) is 5.99. The minimum Gasteiger partial charge on any atom is -0.469 e. The number of halogens is 3. The Morgan fingerprint density at radius 3 is 2.58 bits per heavy atom. The van der Waals surface area contributed by atoms with Crippen molar-refractivity contribution in [2.75, 3.05) is 13.2 Å². The maximum absolute atomic E-state index is 14.7. The second-order valence-electron chi connectivity index (χ2n) is 7.72. The molecule has 2 heterocycles. The van der Waals surface area contributed by atoms with Gasteiger partial charge in [0, 0.05) is 20.0 Å². The van der Waals surface area contributed by atoms with Gasteiger partial charge in [-0.15, -0.1) is 0 Å². The number of amides is 1. The summed E-state index contributed by atoms with van der Waals surface area (Å²) in [7, 11) is 1.59. The third-order valence-corrected chi connectivity index (χ3v) is 5.05. The lowest BCUT2D eigenvalue weighted by Crippen LogP contribution is -2.37. The van der Waals surface area contributed by atoms with Crippen molar-refractivity contribution < 1.29 is 32.2 Å². The first-order valence-corrected chi connectivity index (χ1v) is 10.2. The second-order valence-corrected chi connectivity index (χ2v) is 7.72. The van der Waals surface area contributed by atoms with Crippen LogP contribution < -0.4 is 14.8 Å². The van der Waals surface area contributed by atoms with Gasteiger partial charge in [0.1, 0.15) is 17.1 Å². The van der Waals surface area contributed by atoms with Crippen LogP contribution in [-0.2, 0) is 16.6 Å². The molecule has 0 bridgehead atoms. The van der Waals surface area contributed by atoms with Crippen molar-refractivity contribution in [2.24, 2.45) is 7.05 Å². The molecule has 2 aromatic rings. The van der Waals surface area contributed by atoms with Gasteiger partial charge in [-0.3, -0.25) is 9.36 Å². The summed E-state index contributed by atoms with van der Waals surface area (Å²) in [5, 5.41) is 2.78. The van der Waals surface area contributed by atoms with Crippen LogP contribution in [0.2, 0.25) is 0 Å². The maximum Gasteiger partial charge on any atom is 0.297 e. The van der Waals surface area contributed by atoms with Crippen LogP contribution in [0.4, 0.5) is 13.2 Å². The first-order valence-electron chi connectivity index (χ1n) is 10.2. The number of carbonyl (C=O) groups excluding carboxylic acids is 1. The van der Waals surface area contributed by atoms with E-state index in [1.165, 1.54) is 17.7 Å². The molecule has 31 heavy (non-hydrogen) atoms. The zero-order valence-corrected chi connectivity index (χ0v) is 17.7. The summed E-state index contributed by atoms with van der Waals surface area (Å²) in [6.45, 7) is 2.87. The second kappa shape index (κ2) is 10.2. The van der Waals surface area contributed by atoms with Crippen molar-refractivity contribution in [3.63, 3.8) is 0 Å². The average Bonchev–Trinajstić information content (AvgIpc) is 3.02. The highest BCUT2D eigenvalue weighted by Gasteiger charge is 2.26. The Balaban J connectivity index is 1.57. The van der Waals surface area contributed by atoms with Gasteiger partial charge in [-0.2, -0.15) is 9.37 Å². The molecule has 0 aromatic carbocycles. The van der Waals surface area contributed by atoms with Crippen molar-refractivity contribution in [2.45, 2.75) is 64.2 Å². The fraction of sp³-hybridized carbons (Fsp3) is 0.650. The molecule has 0 unspecified atom stereocenters. The molecule has 1 amide bonds. The van der Waals surface area contributed by atoms with Gasteiger partial charge >= 0.3 is 0 Å². The van der Waals surface area contributed by atoms with E-state index >= 15 is 0 Å². The van der Waals surface area contributed by atoms with Crippen LogP contribution in [0.3, 0.4) is 0 Å². The van der Waals surface area contributed by atoms with Gasteiger partial charge in [0.25, 0.3) is 18.3 Å². The number of fused-ring (bicyclic) bond motifs is 1. The topological polar surface area (TPSA) is 87.5 Å². The number of nitrogens with zero attached hydrogens (tertiary/aromatic N) is 3. The Kier molecular flexibility index (Phi) is 7.58. The van der Waals surface area contributed by atoms with Crippen LogP contribution in [0.1, 0.15) is 39.5 Å². The predicted octanol–water partition coefficient (Wildman–Crippen LogP) is 2.98. The van der Waals surface area contributed by atoms with E-state index in [1.807, 2.05) is 6.92 Å². The van der Waals surface area contributed by atoms with Crippen LogP contribution in [0.25, 0.3) is 11.0 Å². The zero-order valence-electron chi connectivity index (χ0n) is 17.7. The molecule has 0 aliphatic heterocycles. The van der Waals surface area contributed by atoms with E-state index in [0.29, 0.717) is 6.61 Å². The molecule has 3 rings (SSSR count). The number of carbonyl (C=O) groups is 1. The SMILES string of the molecule is CC(=O)N[C@@H](C)COC1CCC(Oc2nc3cnc(OCC(F)F)c(F)c3n2C)CC1. The number of nitrogens with one attached hydrogen (secondary N) is 1. The molecule has 172 valence electrons. The monoisotopic (exact) mass is 444 g/mol. The van der Waals surface area contributed by atoms with E-state index in [9.17, 15) is 18.0 Å². The van der Waals surface area contributed by atoms with E-state index in [4.69, 9.17) is 14.2 Å². The zero-order chi connectivity index (χ0) is 22.5. The number of ether oxygens (including phenoxy) is 3. The molecule has 1 N–H and O–H groups in total. The molecular formula is C20H27F3N4O4. The van der Waals surface area contributed by atoms with Crippen LogP contribution >= 0.6 is 0 Å². The molecular weight excluding hydrogens is 417 g/mol. The Morgan fingerprint density at radius 2 is 1.94 bits per heavy atom. The molecule has 0 spiro atoms. The quantitative estimate of drug-likeness (QED) is 0.640. The molecule has 0 radical (unpaired) electrons. The lowest BCUT2D eigenvalue weighted by molar-refractivity contribution is -0.120. The highest BCUT2D eigenvalue weighted by molar-refractivity contribution is 5.77. The summed E-state index contributed by atoms with van der Waals surface area (Å²) >= 11 is 0. The van der Waals surface area contributed by atoms with E-state index in [-0.39, 0.29) is 41.2 Å². The van der Waals surface area contributed by atoms with Gasteiger partial charge in [-0.1, -0.05) is 0 Å². The number of aryl methyl sites for hydroxylation is 1. The van der Waals surface area contributed by atoms with Crippen LogP contribution in [-0.4, -0.2) is 58.3 Å². The number of imidazole rings is 1. The smallest absolute Gasteiger partial charge is 0.297 e. The summed E-state index contributed by atoms with van der Waals surface area (Å²) in [4.78, 5) is 19.1. The fourth-order valence-corrected chi connectivity index (χ4v) is 3.61. The van der Waals surface area contributed by atoms with Crippen molar-refractivity contribution in [3.05, 3.63) is 12.0 Å². The lowest BCUT2D eigenvalue weighted by Gasteiger charge is -2.29. The Morgan fingerprint density at radius 1 is 1.26 bits per heavy atom. The summed E-state index contributed by atoms with van der Waals surface area (Å²) in [5.41, 5.74) is 0.335. The molecule has 1 fully saturated rings. The highest BCUT2D eigenvalue weighted by Crippen LogP contribution is 2.30. The average molecular weight is 444 g/mol. The molecule has 0 saturated heterocycles. The molecule has 1 atom stereocenters. The van der Waals surface area contributed by atoms with E-state index < -0.39 is 24.7 Å². The van der Waals surface area contributed by atoms with E-state index in [0.717, 1.165) is 25.7 Å². The third-order valence-electron chi connectivity index (χ3n) is 5.05. The van der Waals surface area contributed by atoms with Crippen LogP contribution in [0.15, 0.2) is 6.20 Å². The largest absolute Gasteiger partial charge is 0.469 e. The maximum atomic E-state index is 14.7. The molecule has 8 nitrogen and oxygen atoms in total. The molecule has 2 aromatic heterocycles. The van der Waals surface area contributed by atoms with Crippen LogP contribution in [0.5, 0.6) is 11.9 Å². The van der Waals surface area contributed by atoms with E-state index in [2.05, 4.69) is 15.3 Å². The first kappa shape index (κ1) is 23.1. The van der Waals surface area contributed by atoms with Gasteiger partial charge in [0.15, 0.2) is 6.61 Å². The van der Waals surface area contributed by atoms with Gasteiger partial charge < -0.3 is 19.5 Å². The molecule has 1 saturated carbocycles. The first-order chi connectivity index (χ1) is 14.7. The Hall–Kier alpha value is -2.56. The minimum absolute atomic E-state index is 0.0514. The minimum atomic E-state index is -2.73. The molecule has 11 heteroatoms. The van der Waals surface area contributed by atoms with Gasteiger partial charge in [-0.05, 0) is 32.6 Å². The molecule has 1 aliphatic carbocycles. The highest BCUT2D eigenvalue weighted by atomic mass is 19.3. The summed E-state index contributed by atoms with van der Waals surface area (Å²) in [6, 6.07) is 0.176. The van der Waals surface area contributed by atoms with Gasteiger partial charge in [0.05, 0.1) is 18.9 Å². The normalized spacial score (nSPS) is 20.1. The van der Waals surface area contributed by atoms with Crippen molar-refractivity contribution >= 4 is 16.9 Å². The Bertz CT molecular complexity index is 900. The number of rotatable bonds is 9. The van der Waals surface area contributed by atoms with Crippen LogP contribution in [0, 0.1) is 5.82 Å². The predicted molar refractivity (Wildman–Crippen MR) is 106 cm³/mol. The van der Waals surface area contributed by atoms with Gasteiger partial charge in [0.2, 0.25) is 11.7 Å². The number of hydrogen-bond acceptors (Lipinski definition) is 6. The van der Waals surface area contributed by atoms with E-state index in [1.54, 1.807) is 7.05 Å². The van der Waals surface area contributed by atoms with Gasteiger partial charge in [-0.25, -0.2) is 13.8 Å². The summed E-state index contributed by atoms with van der Waals surface area (Å²) in [5.74, 6) is -1.43.